The number of hydrogen-bond acceptors (Lipinski definition) is 7. The van der Waals surface area contributed by atoms with Gasteiger partial charge in [-0.2, -0.15) is 0 Å². The van der Waals surface area contributed by atoms with Gasteiger partial charge in [-0.15, -0.1) is 0 Å². The van der Waals surface area contributed by atoms with Crippen LogP contribution in [-0.4, -0.2) is 47.4 Å². The Morgan fingerprint density at radius 3 is 2.57 bits per heavy atom. The van der Waals surface area contributed by atoms with Crippen molar-refractivity contribution in [2.24, 2.45) is 5.92 Å². The smallest absolute Gasteiger partial charge is 0.335 e. The van der Waals surface area contributed by atoms with Crippen LogP contribution in [0.4, 0.5) is 5.82 Å². The molecule has 0 aliphatic carbocycles. The number of benzene rings is 2. The van der Waals surface area contributed by atoms with Gasteiger partial charge >= 0.3 is 5.97 Å². The normalized spacial score (nSPS) is 12.5. The van der Waals surface area contributed by atoms with Crippen molar-refractivity contribution in [1.29, 1.82) is 0 Å². The van der Waals surface area contributed by atoms with Crippen LogP contribution in [0.1, 0.15) is 42.3 Å². The molecule has 0 atom stereocenters. The molecule has 0 amide bonds. The minimum atomic E-state index is -0.914. The molecule has 0 unspecified atom stereocenters. The van der Waals surface area contributed by atoms with E-state index in [0.717, 1.165) is 33.9 Å². The second kappa shape index (κ2) is 11.1. The van der Waals surface area contributed by atoms with Crippen LogP contribution in [-0.2, 0) is 12.8 Å². The summed E-state index contributed by atoms with van der Waals surface area (Å²) in [7, 11) is 0. The van der Waals surface area contributed by atoms with Gasteiger partial charge in [0.15, 0.2) is 11.5 Å². The lowest BCUT2D eigenvalue weighted by Gasteiger charge is -2.21. The number of carboxylic acids is 1. The molecular formula is C27H31N3O5. The van der Waals surface area contributed by atoms with Crippen molar-refractivity contribution in [3.8, 4) is 28.5 Å². The first-order valence-corrected chi connectivity index (χ1v) is 11.9. The molecule has 1 aliphatic heterocycles. The van der Waals surface area contributed by atoms with Gasteiger partial charge in [0.2, 0.25) is 0 Å². The van der Waals surface area contributed by atoms with E-state index < -0.39 is 5.97 Å². The van der Waals surface area contributed by atoms with Gasteiger partial charge in [0.05, 0.1) is 17.9 Å². The Bertz CT molecular complexity index is 1200. The number of ether oxygens (including phenoxy) is 3. The molecule has 1 aliphatic rings. The summed E-state index contributed by atoms with van der Waals surface area (Å²) in [5.41, 5.74) is 3.76. The van der Waals surface area contributed by atoms with Crippen molar-refractivity contribution in [3.05, 3.63) is 59.4 Å². The van der Waals surface area contributed by atoms with E-state index in [0.29, 0.717) is 62.3 Å². The fourth-order valence-corrected chi connectivity index (χ4v) is 4.10. The molecule has 0 saturated carbocycles. The quantitative estimate of drug-likeness (QED) is 0.427. The van der Waals surface area contributed by atoms with Crippen LogP contribution >= 0.6 is 0 Å². The summed E-state index contributed by atoms with van der Waals surface area (Å²) in [6.45, 7) is 8.37. The largest absolute Gasteiger partial charge is 0.493 e. The van der Waals surface area contributed by atoms with Crippen molar-refractivity contribution < 1.29 is 24.1 Å². The molecule has 0 fully saturated rings. The molecule has 2 aromatic carbocycles. The first-order chi connectivity index (χ1) is 16.9. The van der Waals surface area contributed by atoms with E-state index in [2.05, 4.69) is 29.1 Å². The Hall–Kier alpha value is -3.81. The van der Waals surface area contributed by atoms with Crippen LogP contribution in [0.2, 0.25) is 0 Å². The second-order valence-corrected chi connectivity index (χ2v) is 8.78. The number of carboxylic acid groups (broad SMARTS) is 1. The number of nitrogens with zero attached hydrogens (tertiary/aromatic N) is 2. The number of anilines is 1. The maximum absolute atomic E-state index is 11.6. The van der Waals surface area contributed by atoms with Crippen LogP contribution in [0, 0.1) is 5.92 Å². The Morgan fingerprint density at radius 1 is 1.09 bits per heavy atom. The average Bonchev–Trinajstić information content (AvgIpc) is 2.84. The summed E-state index contributed by atoms with van der Waals surface area (Å²) < 4.78 is 17.2. The summed E-state index contributed by atoms with van der Waals surface area (Å²) in [6, 6.07) is 11.1. The second-order valence-electron chi connectivity index (χ2n) is 8.78. The van der Waals surface area contributed by atoms with Gasteiger partial charge in [-0.05, 0) is 55.0 Å². The minimum absolute atomic E-state index is 0.333. The highest BCUT2D eigenvalue weighted by atomic mass is 16.6. The van der Waals surface area contributed by atoms with Gasteiger partial charge in [0, 0.05) is 24.2 Å². The molecular weight excluding hydrogens is 446 g/mol. The van der Waals surface area contributed by atoms with E-state index in [4.69, 9.17) is 14.2 Å². The third-order valence-corrected chi connectivity index (χ3v) is 5.65. The van der Waals surface area contributed by atoms with Gasteiger partial charge in [0.1, 0.15) is 31.1 Å². The molecule has 4 rings (SSSR count). The number of rotatable bonds is 10. The summed E-state index contributed by atoms with van der Waals surface area (Å²) in [6.07, 6.45) is 2.90. The lowest BCUT2D eigenvalue weighted by Crippen LogP contribution is -2.16. The predicted octanol–water partition coefficient (Wildman–Crippen LogP) is 4.86. The van der Waals surface area contributed by atoms with Crippen molar-refractivity contribution in [2.45, 2.75) is 33.6 Å². The third-order valence-electron chi connectivity index (χ3n) is 5.65. The number of nitrogens with one attached hydrogen (secondary N) is 1. The van der Waals surface area contributed by atoms with Gasteiger partial charge in [-0.3, -0.25) is 0 Å². The van der Waals surface area contributed by atoms with Gasteiger partial charge < -0.3 is 24.6 Å². The van der Waals surface area contributed by atoms with Gasteiger partial charge in [-0.1, -0.05) is 19.9 Å². The minimum Gasteiger partial charge on any atom is -0.493 e. The van der Waals surface area contributed by atoms with Crippen molar-refractivity contribution >= 4 is 11.8 Å². The topological polar surface area (TPSA) is 103 Å². The fraction of sp³-hybridized carbons (Fsp3) is 0.370. The van der Waals surface area contributed by atoms with E-state index in [1.54, 1.807) is 12.1 Å². The first kappa shape index (κ1) is 24.3. The summed E-state index contributed by atoms with van der Waals surface area (Å²) in [5, 5.41) is 12.9. The van der Waals surface area contributed by atoms with E-state index in [9.17, 15) is 9.90 Å². The summed E-state index contributed by atoms with van der Waals surface area (Å²) in [5.74, 6) is 2.36. The average molecular weight is 478 g/mol. The number of fused-ring (bicyclic) bond motifs is 1. The molecule has 1 aromatic heterocycles. The molecule has 35 heavy (non-hydrogen) atoms. The Balaban J connectivity index is 1.48. The van der Waals surface area contributed by atoms with E-state index in [-0.39, 0.29) is 0 Å². The van der Waals surface area contributed by atoms with Crippen molar-refractivity contribution in [3.63, 3.8) is 0 Å². The van der Waals surface area contributed by atoms with E-state index in [1.807, 2.05) is 31.2 Å². The molecule has 0 saturated heterocycles. The maximum atomic E-state index is 11.6. The van der Waals surface area contributed by atoms with Crippen LogP contribution < -0.4 is 19.5 Å². The van der Waals surface area contributed by atoms with Crippen LogP contribution in [0.25, 0.3) is 11.3 Å². The standard InChI is InChI=1S/C27H31N3O5/c1-4-33-23-15-25-24(34-9-10-35-25)13-19(23)7-8-28-26-14-22(29-16-30-26)18-5-6-21(27(31)32)20(12-18)11-17(2)3/h5-6,12-17H,4,7-11H2,1-3H3,(H,31,32)(H,28,29,30). The highest BCUT2D eigenvalue weighted by Gasteiger charge is 2.17. The maximum Gasteiger partial charge on any atom is 0.335 e. The molecule has 8 nitrogen and oxygen atoms in total. The van der Waals surface area contributed by atoms with E-state index >= 15 is 0 Å². The van der Waals surface area contributed by atoms with Crippen molar-refractivity contribution in [2.75, 3.05) is 31.7 Å². The molecule has 2 heterocycles. The molecule has 8 heteroatoms. The monoisotopic (exact) mass is 477 g/mol. The van der Waals surface area contributed by atoms with Crippen LogP contribution in [0.15, 0.2) is 42.7 Å². The number of carbonyl (C=O) groups is 1. The molecule has 3 aromatic rings. The van der Waals surface area contributed by atoms with Gasteiger partial charge in [-0.25, -0.2) is 14.8 Å². The number of aromatic carboxylic acids is 1. The number of aromatic nitrogens is 2. The van der Waals surface area contributed by atoms with Crippen LogP contribution in [0.5, 0.6) is 17.2 Å². The first-order valence-electron chi connectivity index (χ1n) is 11.9. The third kappa shape index (κ3) is 6.01. The van der Waals surface area contributed by atoms with Crippen molar-refractivity contribution in [1.82, 2.24) is 9.97 Å². The molecule has 0 radical (unpaired) electrons. The summed E-state index contributed by atoms with van der Waals surface area (Å²) >= 11 is 0. The van der Waals surface area contributed by atoms with Gasteiger partial charge in [0.25, 0.3) is 0 Å². The van der Waals surface area contributed by atoms with Crippen LogP contribution in [0.3, 0.4) is 0 Å². The highest BCUT2D eigenvalue weighted by Crippen LogP contribution is 2.37. The lowest BCUT2D eigenvalue weighted by molar-refractivity contribution is 0.0695. The Kier molecular flexibility index (Phi) is 7.70. The summed E-state index contributed by atoms with van der Waals surface area (Å²) in [4.78, 5) is 20.4. The predicted molar refractivity (Wildman–Crippen MR) is 134 cm³/mol. The van der Waals surface area contributed by atoms with E-state index in [1.165, 1.54) is 6.33 Å². The molecule has 0 bridgehead atoms. The Morgan fingerprint density at radius 2 is 1.86 bits per heavy atom. The fourth-order valence-electron chi connectivity index (χ4n) is 4.10. The molecule has 184 valence electrons. The Labute approximate surface area is 205 Å². The molecule has 2 N–H and O–H groups in total. The highest BCUT2D eigenvalue weighted by molar-refractivity contribution is 5.90. The number of hydrogen-bond donors (Lipinski definition) is 2. The zero-order valence-electron chi connectivity index (χ0n) is 20.3. The zero-order valence-corrected chi connectivity index (χ0v) is 20.3. The lowest BCUT2D eigenvalue weighted by atomic mass is 9.95. The SMILES string of the molecule is CCOc1cc2c(cc1CCNc1cc(-c3ccc(C(=O)O)c(CC(C)C)c3)ncn1)OCCO2. The molecule has 0 spiro atoms. The zero-order chi connectivity index (χ0) is 24.8.